The molecule has 1 aromatic heterocycles. The fourth-order valence-corrected chi connectivity index (χ4v) is 2.27. The lowest BCUT2D eigenvalue weighted by atomic mass is 9.87. The molecule has 0 aliphatic heterocycles. The number of pyridine rings is 1. The maximum absolute atomic E-state index is 10.9. The molecule has 4 nitrogen and oxygen atoms in total. The van der Waals surface area contributed by atoms with Crippen LogP contribution in [0.5, 0.6) is 0 Å². The maximum Gasteiger partial charge on any atom is 0.405 e. The molecule has 0 aromatic carbocycles. The molecule has 1 aliphatic carbocycles. The minimum absolute atomic E-state index is 0.0456. The second kappa shape index (κ2) is 5.19. The van der Waals surface area contributed by atoms with E-state index < -0.39 is 6.09 Å². The lowest BCUT2D eigenvalue weighted by molar-refractivity contribution is 0.184. The van der Waals surface area contributed by atoms with Crippen molar-refractivity contribution in [1.29, 1.82) is 0 Å². The van der Waals surface area contributed by atoms with Crippen molar-refractivity contribution in [3.05, 3.63) is 29.6 Å². The van der Waals surface area contributed by atoms with Gasteiger partial charge in [0.05, 0.1) is 11.7 Å². The minimum atomic E-state index is -0.998. The molecule has 2 N–H and O–H groups in total. The fraction of sp³-hybridized carbons (Fsp3) is 0.600. The van der Waals surface area contributed by atoms with Gasteiger partial charge >= 0.3 is 6.09 Å². The Bertz CT molecular complexity index is 444. The zero-order valence-electron chi connectivity index (χ0n) is 11.8. The monoisotopic (exact) mass is 262 g/mol. The van der Waals surface area contributed by atoms with Crippen LogP contribution in [0.3, 0.4) is 0 Å². The van der Waals surface area contributed by atoms with Crippen molar-refractivity contribution in [3.63, 3.8) is 0 Å². The number of carboxylic acid groups (broad SMARTS) is 1. The Kier molecular flexibility index (Phi) is 3.78. The Balaban J connectivity index is 2.13. The largest absolute Gasteiger partial charge is 0.465 e. The molecule has 1 aromatic rings. The molecule has 1 saturated carbocycles. The third-order valence-electron chi connectivity index (χ3n) is 3.33. The maximum atomic E-state index is 10.9. The Labute approximate surface area is 114 Å². The van der Waals surface area contributed by atoms with Gasteiger partial charge in [0.25, 0.3) is 0 Å². The van der Waals surface area contributed by atoms with Crippen LogP contribution in [0.15, 0.2) is 18.3 Å². The average molecular weight is 262 g/mol. The topological polar surface area (TPSA) is 62.2 Å². The number of nitrogens with one attached hydrogen (secondary N) is 1. The molecule has 104 valence electrons. The first-order valence-electron chi connectivity index (χ1n) is 6.80. The zero-order chi connectivity index (χ0) is 14.0. The number of rotatable bonds is 4. The van der Waals surface area contributed by atoms with Gasteiger partial charge in [-0.15, -0.1) is 0 Å². The van der Waals surface area contributed by atoms with E-state index in [-0.39, 0.29) is 11.5 Å². The summed E-state index contributed by atoms with van der Waals surface area (Å²) in [6, 6.07) is 3.80. The highest BCUT2D eigenvalue weighted by atomic mass is 16.4. The molecule has 1 amide bonds. The molecule has 0 bridgehead atoms. The van der Waals surface area contributed by atoms with Crippen LogP contribution >= 0.6 is 0 Å². The molecule has 1 fully saturated rings. The van der Waals surface area contributed by atoms with Crippen molar-refractivity contribution in [2.24, 2.45) is 5.41 Å². The summed E-state index contributed by atoms with van der Waals surface area (Å²) < 4.78 is 0. The van der Waals surface area contributed by atoms with Gasteiger partial charge in [0.2, 0.25) is 0 Å². The third-order valence-corrected chi connectivity index (χ3v) is 3.33. The van der Waals surface area contributed by atoms with Gasteiger partial charge < -0.3 is 10.4 Å². The first kappa shape index (κ1) is 13.8. The summed E-state index contributed by atoms with van der Waals surface area (Å²) in [5.41, 5.74) is 2.12. The summed E-state index contributed by atoms with van der Waals surface area (Å²) in [6.45, 7) is 6.30. The molecule has 1 atom stereocenters. The number of nitrogens with zero attached hydrogens (tertiary/aromatic N) is 1. The van der Waals surface area contributed by atoms with E-state index in [1.54, 1.807) is 0 Å². The van der Waals surface area contributed by atoms with Crippen molar-refractivity contribution < 1.29 is 9.90 Å². The molecule has 19 heavy (non-hydrogen) atoms. The van der Waals surface area contributed by atoms with E-state index in [2.05, 4.69) is 37.1 Å². The summed E-state index contributed by atoms with van der Waals surface area (Å²) >= 11 is 0. The van der Waals surface area contributed by atoms with E-state index in [4.69, 9.17) is 5.11 Å². The van der Waals surface area contributed by atoms with E-state index in [0.29, 0.717) is 5.92 Å². The Morgan fingerprint density at radius 3 is 2.58 bits per heavy atom. The molecule has 0 radical (unpaired) electrons. The SMILES string of the molecule is CC(C)(C)C[C@H](NC(=O)O)c1ccc(C2CC2)cn1. The van der Waals surface area contributed by atoms with E-state index in [9.17, 15) is 4.79 Å². The van der Waals surface area contributed by atoms with Crippen LogP contribution in [0, 0.1) is 5.41 Å². The van der Waals surface area contributed by atoms with E-state index in [0.717, 1.165) is 12.1 Å². The Morgan fingerprint density at radius 1 is 1.47 bits per heavy atom. The molecular formula is C15H22N2O2. The number of amides is 1. The van der Waals surface area contributed by atoms with Crippen LogP contribution in [0.1, 0.15) is 63.3 Å². The van der Waals surface area contributed by atoms with Gasteiger partial charge in [-0.2, -0.15) is 0 Å². The van der Waals surface area contributed by atoms with Crippen LogP contribution in [-0.2, 0) is 0 Å². The lowest BCUT2D eigenvalue weighted by Crippen LogP contribution is -2.30. The molecule has 0 unspecified atom stereocenters. The van der Waals surface area contributed by atoms with E-state index in [1.165, 1.54) is 18.4 Å². The number of aromatic nitrogens is 1. The van der Waals surface area contributed by atoms with Gasteiger partial charge in [0.15, 0.2) is 0 Å². The van der Waals surface area contributed by atoms with Crippen molar-refractivity contribution in [1.82, 2.24) is 10.3 Å². The molecule has 0 spiro atoms. The van der Waals surface area contributed by atoms with Gasteiger partial charge in [-0.3, -0.25) is 4.98 Å². The number of carbonyl (C=O) groups is 1. The van der Waals surface area contributed by atoms with Crippen LogP contribution in [0.2, 0.25) is 0 Å². The summed E-state index contributed by atoms with van der Waals surface area (Å²) in [7, 11) is 0. The van der Waals surface area contributed by atoms with Gasteiger partial charge in [-0.05, 0) is 42.2 Å². The third kappa shape index (κ3) is 4.23. The predicted octanol–water partition coefficient (Wildman–Crippen LogP) is 3.70. The highest BCUT2D eigenvalue weighted by Gasteiger charge is 2.26. The first-order chi connectivity index (χ1) is 8.85. The summed E-state index contributed by atoms with van der Waals surface area (Å²) in [6.07, 6.45) is 4.13. The average Bonchev–Trinajstić information content (AvgIpc) is 3.09. The highest BCUT2D eigenvalue weighted by molar-refractivity contribution is 5.65. The molecule has 4 heteroatoms. The first-order valence-corrected chi connectivity index (χ1v) is 6.80. The zero-order valence-corrected chi connectivity index (χ0v) is 11.8. The van der Waals surface area contributed by atoms with Crippen LogP contribution in [-0.4, -0.2) is 16.2 Å². The van der Waals surface area contributed by atoms with Crippen molar-refractivity contribution in [3.8, 4) is 0 Å². The summed E-state index contributed by atoms with van der Waals surface area (Å²) in [4.78, 5) is 15.4. The molecule has 1 aliphatic rings. The van der Waals surface area contributed by atoms with Gasteiger partial charge in [-0.1, -0.05) is 26.8 Å². The fourth-order valence-electron chi connectivity index (χ4n) is 2.27. The van der Waals surface area contributed by atoms with Crippen LogP contribution < -0.4 is 5.32 Å². The summed E-state index contributed by atoms with van der Waals surface area (Å²) in [5.74, 6) is 0.676. The second-order valence-electron chi connectivity index (χ2n) is 6.56. The van der Waals surface area contributed by atoms with Crippen molar-refractivity contribution >= 4 is 6.09 Å². The standard InChI is InChI=1S/C15H22N2O2/c1-15(2,3)8-13(17-14(18)19)12-7-6-11(9-16-12)10-4-5-10/h6-7,9-10,13,17H,4-5,8H2,1-3H3,(H,18,19)/t13-/m0/s1. The Morgan fingerprint density at radius 2 is 2.16 bits per heavy atom. The molecule has 0 saturated heterocycles. The predicted molar refractivity (Wildman–Crippen MR) is 74.2 cm³/mol. The number of hydrogen-bond acceptors (Lipinski definition) is 2. The molecule has 1 heterocycles. The van der Waals surface area contributed by atoms with E-state index in [1.807, 2.05) is 12.3 Å². The van der Waals surface area contributed by atoms with Crippen molar-refractivity contribution in [2.45, 2.75) is 52.0 Å². The normalized spacial score (nSPS) is 17.0. The van der Waals surface area contributed by atoms with E-state index >= 15 is 0 Å². The number of hydrogen-bond donors (Lipinski definition) is 2. The molecular weight excluding hydrogens is 240 g/mol. The Hall–Kier alpha value is -1.58. The lowest BCUT2D eigenvalue weighted by Gasteiger charge is -2.25. The summed E-state index contributed by atoms with van der Waals surface area (Å²) in [5, 5.41) is 11.5. The molecule has 2 rings (SSSR count). The van der Waals surface area contributed by atoms with Gasteiger partial charge in [-0.25, -0.2) is 4.79 Å². The smallest absolute Gasteiger partial charge is 0.405 e. The van der Waals surface area contributed by atoms with Crippen molar-refractivity contribution in [2.75, 3.05) is 0 Å². The highest BCUT2D eigenvalue weighted by Crippen LogP contribution is 2.40. The van der Waals surface area contributed by atoms with Crippen LogP contribution in [0.4, 0.5) is 4.79 Å². The van der Waals surface area contributed by atoms with Gasteiger partial charge in [0.1, 0.15) is 0 Å². The minimum Gasteiger partial charge on any atom is -0.465 e. The van der Waals surface area contributed by atoms with Gasteiger partial charge in [0, 0.05) is 6.20 Å². The second-order valence-corrected chi connectivity index (χ2v) is 6.56. The van der Waals surface area contributed by atoms with Crippen LogP contribution in [0.25, 0.3) is 0 Å². The quantitative estimate of drug-likeness (QED) is 0.869.